The van der Waals surface area contributed by atoms with Crippen molar-refractivity contribution in [3.05, 3.63) is 81.4 Å². The largest absolute Gasteiger partial charge is 0.334 e. The topological polar surface area (TPSA) is 54.7 Å². The summed E-state index contributed by atoms with van der Waals surface area (Å²) < 4.78 is 1.44. The summed E-state index contributed by atoms with van der Waals surface area (Å²) >= 11 is 0. The highest BCUT2D eigenvalue weighted by atomic mass is 16.2. The van der Waals surface area contributed by atoms with Crippen LogP contribution in [0.2, 0.25) is 0 Å². The van der Waals surface area contributed by atoms with Crippen LogP contribution in [0.1, 0.15) is 27.0 Å². The number of pyridine rings is 1. The summed E-state index contributed by atoms with van der Waals surface area (Å²) in [6.45, 7) is 3.05. The van der Waals surface area contributed by atoms with E-state index in [0.29, 0.717) is 18.7 Å². The Bertz CT molecular complexity index is 1010. The van der Waals surface area contributed by atoms with E-state index in [0.717, 1.165) is 17.5 Å². The van der Waals surface area contributed by atoms with E-state index in [4.69, 9.17) is 0 Å². The molecule has 0 radical (unpaired) electrons. The standard InChI is InChI=1S/C19H17N3O2/c1-13-6-7-17-20-10-16(19(24)22(17)11-13)18(23)21-9-8-14-4-2-3-5-15(14)12-21/h2-7,10-11H,8-9,12H2,1H3. The number of carbonyl (C=O) groups excluding carboxylic acids is 1. The van der Waals surface area contributed by atoms with E-state index in [9.17, 15) is 9.59 Å². The zero-order chi connectivity index (χ0) is 16.7. The molecule has 0 fully saturated rings. The number of carbonyl (C=O) groups is 1. The second kappa shape index (κ2) is 5.60. The van der Waals surface area contributed by atoms with Crippen molar-refractivity contribution in [1.29, 1.82) is 0 Å². The molecule has 0 N–H and O–H groups in total. The van der Waals surface area contributed by atoms with Crippen molar-refractivity contribution >= 4 is 11.6 Å². The molecule has 5 nitrogen and oxygen atoms in total. The highest BCUT2D eigenvalue weighted by molar-refractivity contribution is 5.94. The SMILES string of the molecule is Cc1ccc2ncc(C(=O)N3CCc4ccccc4C3)c(=O)n2c1. The number of aryl methyl sites for hydroxylation is 1. The molecule has 1 aliphatic rings. The number of rotatable bonds is 1. The average Bonchev–Trinajstić information content (AvgIpc) is 2.61. The van der Waals surface area contributed by atoms with Gasteiger partial charge in [0, 0.05) is 25.5 Å². The minimum absolute atomic E-state index is 0.123. The van der Waals surface area contributed by atoms with E-state index in [1.54, 1.807) is 17.2 Å². The maximum absolute atomic E-state index is 12.8. The molecule has 1 aromatic carbocycles. The molecule has 3 heterocycles. The first-order chi connectivity index (χ1) is 11.6. The molecule has 0 bridgehead atoms. The third kappa shape index (κ3) is 2.38. The Morgan fingerprint density at radius 2 is 1.92 bits per heavy atom. The molecular weight excluding hydrogens is 302 g/mol. The lowest BCUT2D eigenvalue weighted by Crippen LogP contribution is -2.39. The predicted octanol–water partition coefficient (Wildman–Crippen LogP) is 2.20. The lowest BCUT2D eigenvalue weighted by atomic mass is 9.99. The molecule has 1 amide bonds. The van der Waals surface area contributed by atoms with Crippen molar-refractivity contribution in [2.24, 2.45) is 0 Å². The first-order valence-corrected chi connectivity index (χ1v) is 7.97. The fraction of sp³-hybridized carbons (Fsp3) is 0.211. The maximum atomic E-state index is 12.8. The van der Waals surface area contributed by atoms with Crippen molar-refractivity contribution in [3.8, 4) is 0 Å². The van der Waals surface area contributed by atoms with Gasteiger partial charge in [0.2, 0.25) is 0 Å². The second-order valence-corrected chi connectivity index (χ2v) is 6.16. The van der Waals surface area contributed by atoms with Gasteiger partial charge >= 0.3 is 0 Å². The summed E-state index contributed by atoms with van der Waals surface area (Å²) in [7, 11) is 0. The van der Waals surface area contributed by atoms with Crippen LogP contribution in [-0.4, -0.2) is 26.7 Å². The monoisotopic (exact) mass is 319 g/mol. The van der Waals surface area contributed by atoms with E-state index >= 15 is 0 Å². The van der Waals surface area contributed by atoms with Crippen LogP contribution in [0.25, 0.3) is 5.65 Å². The van der Waals surface area contributed by atoms with Gasteiger partial charge in [0.15, 0.2) is 0 Å². The Morgan fingerprint density at radius 3 is 2.75 bits per heavy atom. The molecule has 4 rings (SSSR count). The number of benzene rings is 1. The lowest BCUT2D eigenvalue weighted by molar-refractivity contribution is 0.0732. The third-order valence-corrected chi connectivity index (χ3v) is 4.50. The summed E-state index contributed by atoms with van der Waals surface area (Å²) in [6, 6.07) is 11.8. The molecule has 120 valence electrons. The number of hydrogen-bond donors (Lipinski definition) is 0. The number of fused-ring (bicyclic) bond motifs is 2. The van der Waals surface area contributed by atoms with Gasteiger partial charge < -0.3 is 4.90 Å². The number of hydrogen-bond acceptors (Lipinski definition) is 3. The maximum Gasteiger partial charge on any atom is 0.270 e. The van der Waals surface area contributed by atoms with Crippen LogP contribution < -0.4 is 5.56 Å². The zero-order valence-electron chi connectivity index (χ0n) is 13.4. The summed E-state index contributed by atoms with van der Waals surface area (Å²) in [5.41, 5.74) is 3.71. The number of nitrogens with zero attached hydrogens (tertiary/aromatic N) is 3. The van der Waals surface area contributed by atoms with Gasteiger partial charge in [0.05, 0.1) is 0 Å². The van der Waals surface area contributed by atoms with Gasteiger partial charge in [0.1, 0.15) is 11.2 Å². The minimum atomic E-state index is -0.312. The van der Waals surface area contributed by atoms with E-state index in [1.807, 2.05) is 31.2 Å². The molecule has 1 aliphatic heterocycles. The van der Waals surface area contributed by atoms with Crippen molar-refractivity contribution in [1.82, 2.24) is 14.3 Å². The minimum Gasteiger partial charge on any atom is -0.334 e. The van der Waals surface area contributed by atoms with Gasteiger partial charge in [-0.25, -0.2) is 4.98 Å². The molecule has 0 spiro atoms. The van der Waals surface area contributed by atoms with Crippen LogP contribution in [0.5, 0.6) is 0 Å². The smallest absolute Gasteiger partial charge is 0.270 e. The van der Waals surface area contributed by atoms with E-state index in [1.165, 1.54) is 16.2 Å². The molecule has 5 heteroatoms. The van der Waals surface area contributed by atoms with Gasteiger partial charge in [-0.15, -0.1) is 0 Å². The Hall–Kier alpha value is -2.95. The second-order valence-electron chi connectivity index (χ2n) is 6.16. The molecular formula is C19H17N3O2. The molecule has 0 saturated heterocycles. The zero-order valence-corrected chi connectivity index (χ0v) is 13.4. The van der Waals surface area contributed by atoms with Gasteiger partial charge in [-0.2, -0.15) is 0 Å². The first-order valence-electron chi connectivity index (χ1n) is 7.97. The van der Waals surface area contributed by atoms with Crippen LogP contribution in [0.4, 0.5) is 0 Å². The van der Waals surface area contributed by atoms with E-state index in [2.05, 4.69) is 11.1 Å². The first kappa shape index (κ1) is 14.6. The van der Waals surface area contributed by atoms with Crippen LogP contribution in [-0.2, 0) is 13.0 Å². The van der Waals surface area contributed by atoms with E-state index < -0.39 is 0 Å². The molecule has 2 aromatic heterocycles. The van der Waals surface area contributed by atoms with Gasteiger partial charge in [-0.05, 0) is 36.1 Å². The predicted molar refractivity (Wildman–Crippen MR) is 91.1 cm³/mol. The van der Waals surface area contributed by atoms with E-state index in [-0.39, 0.29) is 17.0 Å². The van der Waals surface area contributed by atoms with Crippen molar-refractivity contribution in [3.63, 3.8) is 0 Å². The van der Waals surface area contributed by atoms with Gasteiger partial charge in [0.25, 0.3) is 11.5 Å². The molecule has 0 saturated carbocycles. The molecule has 0 unspecified atom stereocenters. The van der Waals surface area contributed by atoms with Gasteiger partial charge in [-0.1, -0.05) is 30.3 Å². The normalized spacial score (nSPS) is 13.8. The lowest BCUT2D eigenvalue weighted by Gasteiger charge is -2.28. The average molecular weight is 319 g/mol. The molecule has 3 aromatic rings. The number of amides is 1. The highest BCUT2D eigenvalue weighted by Crippen LogP contribution is 2.19. The molecule has 0 atom stereocenters. The summed E-state index contributed by atoms with van der Waals surface area (Å²) in [5.74, 6) is -0.252. The molecule has 24 heavy (non-hydrogen) atoms. The fourth-order valence-corrected chi connectivity index (χ4v) is 3.17. The number of aromatic nitrogens is 2. The third-order valence-electron chi connectivity index (χ3n) is 4.50. The molecule has 0 aliphatic carbocycles. The Kier molecular flexibility index (Phi) is 3.41. The van der Waals surface area contributed by atoms with Crippen LogP contribution >= 0.6 is 0 Å². The van der Waals surface area contributed by atoms with Gasteiger partial charge in [-0.3, -0.25) is 14.0 Å². The van der Waals surface area contributed by atoms with Crippen molar-refractivity contribution in [2.75, 3.05) is 6.54 Å². The van der Waals surface area contributed by atoms with Crippen molar-refractivity contribution in [2.45, 2.75) is 19.9 Å². The Morgan fingerprint density at radius 1 is 1.12 bits per heavy atom. The quantitative estimate of drug-likeness (QED) is 0.691. The van der Waals surface area contributed by atoms with Crippen LogP contribution in [0.3, 0.4) is 0 Å². The fourth-order valence-electron chi connectivity index (χ4n) is 3.17. The Balaban J connectivity index is 1.72. The highest BCUT2D eigenvalue weighted by Gasteiger charge is 2.24. The summed E-state index contributed by atoms with van der Waals surface area (Å²) in [6.07, 6.45) is 3.92. The van der Waals surface area contributed by atoms with Crippen molar-refractivity contribution < 1.29 is 4.79 Å². The summed E-state index contributed by atoms with van der Waals surface area (Å²) in [5, 5.41) is 0. The summed E-state index contributed by atoms with van der Waals surface area (Å²) in [4.78, 5) is 31.5. The van der Waals surface area contributed by atoms with Crippen LogP contribution in [0, 0.1) is 6.92 Å². The van der Waals surface area contributed by atoms with Crippen LogP contribution in [0.15, 0.2) is 53.6 Å². The Labute approximate surface area is 139 Å².